The molecule has 72 heavy (non-hydrogen) atoms. The number of carbonyl (C=O) groups excluding carboxylic acids is 7. The van der Waals surface area contributed by atoms with E-state index in [-0.39, 0.29) is 45.7 Å². The average Bonchev–Trinajstić information content (AvgIpc) is 3.66. The number of ether oxygens (including phenoxy) is 3. The number of alkyl carbamates (subject to hydrolysis) is 1. The second kappa shape index (κ2) is 23.3. The van der Waals surface area contributed by atoms with Crippen LogP contribution in [0.15, 0.2) is 91.0 Å². The molecule has 2 saturated carbocycles. The Bertz CT molecular complexity index is 2640. The van der Waals surface area contributed by atoms with Crippen LogP contribution in [-0.2, 0) is 52.7 Å². The van der Waals surface area contributed by atoms with Crippen molar-refractivity contribution in [3.05, 3.63) is 129 Å². The van der Waals surface area contributed by atoms with Crippen LogP contribution in [0.25, 0.3) is 0 Å². The van der Waals surface area contributed by atoms with Crippen molar-refractivity contribution >= 4 is 64.9 Å². The van der Waals surface area contributed by atoms with Crippen LogP contribution in [0.5, 0.6) is 11.5 Å². The number of phenols is 1. The predicted molar refractivity (Wildman–Crippen MR) is 268 cm³/mol. The number of phenolic OH excluding ortho intramolecular Hbond substituents is 1. The molecule has 382 valence electrons. The summed E-state index contributed by atoms with van der Waals surface area (Å²) in [5, 5.41) is 23.0. The van der Waals surface area contributed by atoms with Crippen LogP contribution in [0, 0.1) is 17.3 Å². The van der Waals surface area contributed by atoms with Crippen molar-refractivity contribution in [3.63, 3.8) is 0 Å². The third kappa shape index (κ3) is 13.6. The molecular weight excluding hydrogens is 966 g/mol. The maximum absolute atomic E-state index is 13.6. The molecule has 7 rings (SSSR count). The minimum Gasteiger partial charge on any atom is -0.508 e. The molecule has 0 aliphatic heterocycles. The monoisotopic (exact) mass is 1030 g/mol. The lowest BCUT2D eigenvalue weighted by Crippen LogP contribution is -2.53. The summed E-state index contributed by atoms with van der Waals surface area (Å²) in [5.41, 5.74) is 2.73. The van der Waals surface area contributed by atoms with Gasteiger partial charge in [0.2, 0.25) is 23.6 Å². The molecule has 16 nitrogen and oxygen atoms in total. The van der Waals surface area contributed by atoms with Crippen molar-refractivity contribution in [2.24, 2.45) is 17.3 Å². The lowest BCUT2D eigenvalue weighted by molar-refractivity contribution is -0.157. The zero-order chi connectivity index (χ0) is 51.7. The molecule has 0 aromatic heterocycles. The van der Waals surface area contributed by atoms with E-state index >= 15 is 0 Å². The number of esters is 2. The lowest BCUT2D eigenvalue weighted by atomic mass is 9.55. The molecule has 0 saturated heterocycles. The fourth-order valence-corrected chi connectivity index (χ4v) is 11.0. The van der Waals surface area contributed by atoms with Crippen LogP contribution in [0.4, 0.5) is 4.79 Å². The number of rotatable bonds is 17. The highest BCUT2D eigenvalue weighted by atomic mass is 35.5. The average molecular weight is 1030 g/mol. The van der Waals surface area contributed by atoms with Crippen LogP contribution >= 0.6 is 23.2 Å². The van der Waals surface area contributed by atoms with Crippen LogP contribution in [0.3, 0.4) is 0 Å². The van der Waals surface area contributed by atoms with E-state index in [1.165, 1.54) is 35.4 Å². The first-order chi connectivity index (χ1) is 34.3. The summed E-state index contributed by atoms with van der Waals surface area (Å²) < 4.78 is 16.9. The highest BCUT2D eigenvalue weighted by Crippen LogP contribution is 2.61. The van der Waals surface area contributed by atoms with Gasteiger partial charge in [0, 0.05) is 18.3 Å². The summed E-state index contributed by atoms with van der Waals surface area (Å²) in [6.45, 7) is 5.67. The Morgan fingerprint density at radius 3 is 2.04 bits per heavy atom. The Morgan fingerprint density at radius 2 is 1.36 bits per heavy atom. The Balaban J connectivity index is 0.895. The van der Waals surface area contributed by atoms with Gasteiger partial charge in [-0.2, -0.15) is 0 Å². The zero-order valence-electron chi connectivity index (χ0n) is 40.7. The molecule has 6 N–H and O–H groups in total. The highest BCUT2D eigenvalue weighted by Gasteiger charge is 2.56. The molecule has 3 aliphatic rings. The summed E-state index contributed by atoms with van der Waals surface area (Å²) in [6, 6.07) is 23.1. The quantitative estimate of drug-likeness (QED) is 0.0471. The standard InChI is InChI=1S/C54H61Cl2N5O11/c1-53(2,3)72-52(69)61-43(26-32-13-17-35(18-14-32)70-51(68)48-40(55)11-8-12-41(48)56)50(67)58-28-45(63)57-29-46(64)60-42(25-31-9-6-5-7-10-31)49(66)59-30-47(65)71-44-22-21-39-38-19-15-33-27-34(62)16-20-36(33)37(38)23-24-54(39,44)4/h5-14,16-18,20,27,37-39,42-44,62H,15,19,21-26,28-30H2,1-4H3,(H,57,63)(H,58,67)(H,59,66)(H,60,64)(H,61,69)/t37-,38-,39+,42+,43+,44+,54+/m1/s1. The van der Waals surface area contributed by atoms with Gasteiger partial charge in [-0.25, -0.2) is 9.59 Å². The van der Waals surface area contributed by atoms with E-state index in [1.54, 1.807) is 69.3 Å². The summed E-state index contributed by atoms with van der Waals surface area (Å²) in [5.74, 6) is -2.44. The van der Waals surface area contributed by atoms with Gasteiger partial charge in [0.05, 0.1) is 28.7 Å². The van der Waals surface area contributed by atoms with E-state index in [1.807, 2.05) is 12.1 Å². The van der Waals surface area contributed by atoms with Gasteiger partial charge in [-0.05, 0) is 136 Å². The molecule has 18 heteroatoms. The molecule has 7 atom stereocenters. The van der Waals surface area contributed by atoms with Gasteiger partial charge in [-0.3, -0.25) is 24.0 Å². The molecule has 2 fully saturated rings. The fourth-order valence-electron chi connectivity index (χ4n) is 10.5. The zero-order valence-corrected chi connectivity index (χ0v) is 42.2. The number of fused-ring (bicyclic) bond motifs is 5. The highest BCUT2D eigenvalue weighted by molar-refractivity contribution is 6.39. The normalized spacial score (nSPS) is 20.7. The largest absolute Gasteiger partial charge is 0.508 e. The van der Waals surface area contributed by atoms with Crippen molar-refractivity contribution in [3.8, 4) is 11.5 Å². The van der Waals surface area contributed by atoms with E-state index in [9.17, 15) is 38.7 Å². The van der Waals surface area contributed by atoms with Gasteiger partial charge in [-0.1, -0.05) is 84.7 Å². The number of carbonyl (C=O) groups is 7. The van der Waals surface area contributed by atoms with Crippen LogP contribution in [0.1, 0.15) is 98.3 Å². The predicted octanol–water partition coefficient (Wildman–Crippen LogP) is 6.90. The molecular formula is C54H61Cl2N5O11. The third-order valence-electron chi connectivity index (χ3n) is 13.9. The summed E-state index contributed by atoms with van der Waals surface area (Å²) >= 11 is 12.3. The Hall–Kier alpha value is -6.65. The SMILES string of the molecule is CC(C)(C)OC(=O)N[C@@H](Cc1ccc(OC(=O)c2c(Cl)cccc2Cl)cc1)C(=O)NCC(=O)NCC(=O)N[C@@H](Cc1ccccc1)C(=O)NCC(=O)O[C@H]1CC[C@H]2[C@@H]3CCc4cc(O)ccc4[C@H]3CC[C@]12C. The smallest absolute Gasteiger partial charge is 0.408 e. The van der Waals surface area contributed by atoms with Crippen LogP contribution < -0.4 is 31.3 Å². The van der Waals surface area contributed by atoms with E-state index in [0.717, 1.165) is 44.1 Å². The van der Waals surface area contributed by atoms with Crippen LogP contribution in [-0.4, -0.2) is 90.2 Å². The Kier molecular flexibility index (Phi) is 17.2. The van der Waals surface area contributed by atoms with Crippen molar-refractivity contribution < 1.29 is 52.9 Å². The molecule has 5 amide bonds. The molecule has 0 heterocycles. The molecule has 3 aliphatic carbocycles. The number of halogens is 2. The first kappa shape index (κ1) is 53.2. The topological polar surface area (TPSA) is 228 Å². The van der Waals surface area contributed by atoms with Crippen molar-refractivity contribution in [2.75, 3.05) is 19.6 Å². The van der Waals surface area contributed by atoms with Gasteiger partial charge in [-0.15, -0.1) is 0 Å². The van der Waals surface area contributed by atoms with Gasteiger partial charge in [0.25, 0.3) is 0 Å². The summed E-state index contributed by atoms with van der Waals surface area (Å²) in [4.78, 5) is 92.3. The number of aromatic hydroxyl groups is 1. The molecule has 0 spiro atoms. The van der Waals surface area contributed by atoms with E-state index in [4.69, 9.17) is 37.4 Å². The first-order valence-corrected chi connectivity index (χ1v) is 24.9. The number of nitrogens with one attached hydrogen (secondary N) is 5. The minimum absolute atomic E-state index is 0.000949. The van der Waals surface area contributed by atoms with Crippen molar-refractivity contribution in [1.82, 2.24) is 26.6 Å². The van der Waals surface area contributed by atoms with E-state index in [2.05, 4.69) is 39.6 Å². The fraction of sp³-hybridized carbons (Fsp3) is 0.426. The van der Waals surface area contributed by atoms with Gasteiger partial charge < -0.3 is 45.9 Å². The summed E-state index contributed by atoms with van der Waals surface area (Å²) in [6.07, 6.45) is 4.31. The molecule has 0 bridgehead atoms. The maximum atomic E-state index is 13.6. The van der Waals surface area contributed by atoms with Crippen molar-refractivity contribution in [2.45, 2.75) is 109 Å². The minimum atomic E-state index is -1.23. The second-order valence-corrected chi connectivity index (χ2v) is 20.8. The number of hydrogen-bond acceptors (Lipinski definition) is 11. The Morgan fingerprint density at radius 1 is 0.722 bits per heavy atom. The van der Waals surface area contributed by atoms with Crippen molar-refractivity contribution in [1.29, 1.82) is 0 Å². The summed E-state index contributed by atoms with van der Waals surface area (Å²) in [7, 11) is 0. The third-order valence-corrected chi connectivity index (χ3v) is 14.5. The molecule has 4 aromatic carbocycles. The number of aryl methyl sites for hydroxylation is 1. The lowest BCUT2D eigenvalue weighted by Gasteiger charge is -2.50. The molecule has 4 aromatic rings. The van der Waals surface area contributed by atoms with Gasteiger partial charge in [0.1, 0.15) is 41.8 Å². The molecule has 0 unspecified atom stereocenters. The van der Waals surface area contributed by atoms with Gasteiger partial charge >= 0.3 is 18.0 Å². The van der Waals surface area contributed by atoms with Crippen LogP contribution in [0.2, 0.25) is 10.0 Å². The molecule has 0 radical (unpaired) electrons. The van der Waals surface area contributed by atoms with E-state index in [0.29, 0.717) is 29.1 Å². The number of benzene rings is 4. The van der Waals surface area contributed by atoms with E-state index < -0.39 is 79.0 Å². The number of hydrogen-bond donors (Lipinski definition) is 6. The second-order valence-electron chi connectivity index (χ2n) is 20.0. The van der Waals surface area contributed by atoms with Gasteiger partial charge in [0.15, 0.2) is 0 Å². The number of amides is 5. The Labute approximate surface area is 428 Å². The first-order valence-electron chi connectivity index (χ1n) is 24.2. The maximum Gasteiger partial charge on any atom is 0.408 e.